The first-order valence-electron chi connectivity index (χ1n) is 9.25. The van der Waals surface area contributed by atoms with Crippen LogP contribution in [0.3, 0.4) is 0 Å². The van der Waals surface area contributed by atoms with Gasteiger partial charge >= 0.3 is 5.97 Å². The van der Waals surface area contributed by atoms with Crippen molar-refractivity contribution in [3.63, 3.8) is 0 Å². The number of aromatic nitrogens is 2. The number of thioether (sulfide) groups is 1. The van der Waals surface area contributed by atoms with Crippen molar-refractivity contribution >= 4 is 51.0 Å². The lowest BCUT2D eigenvalue weighted by molar-refractivity contribution is -0.142. The van der Waals surface area contributed by atoms with Crippen LogP contribution >= 0.6 is 23.1 Å². The molecule has 1 N–H and O–H groups in total. The van der Waals surface area contributed by atoms with Crippen molar-refractivity contribution in [1.29, 1.82) is 0 Å². The molecule has 1 aromatic carbocycles. The number of amides is 1. The lowest BCUT2D eigenvalue weighted by Gasteiger charge is -2.08. The van der Waals surface area contributed by atoms with Crippen LogP contribution in [-0.4, -0.2) is 41.0 Å². The zero-order chi connectivity index (χ0) is 21.1. The van der Waals surface area contributed by atoms with Crippen molar-refractivity contribution < 1.29 is 23.8 Å². The number of nitrogens with zero attached hydrogens (tertiary/aromatic N) is 2. The summed E-state index contributed by atoms with van der Waals surface area (Å²) in [7, 11) is 0. The van der Waals surface area contributed by atoms with Crippen LogP contribution in [0, 0.1) is 6.92 Å². The van der Waals surface area contributed by atoms with Gasteiger partial charge in [0.05, 0.1) is 30.0 Å². The Hall–Kier alpha value is -2.85. The molecule has 0 radical (unpaired) electrons. The number of esters is 1. The predicted molar refractivity (Wildman–Crippen MR) is 114 cm³/mol. The summed E-state index contributed by atoms with van der Waals surface area (Å²) in [5.41, 5.74) is 2.34. The van der Waals surface area contributed by atoms with Crippen LogP contribution in [0.4, 0.5) is 5.13 Å². The summed E-state index contributed by atoms with van der Waals surface area (Å²) < 4.78 is 15.7. The van der Waals surface area contributed by atoms with Crippen LogP contribution in [0.15, 0.2) is 28.6 Å². The molecule has 0 bridgehead atoms. The molecule has 1 aliphatic heterocycles. The summed E-state index contributed by atoms with van der Waals surface area (Å²) in [5, 5.41) is 6.69. The second kappa shape index (κ2) is 8.88. The van der Waals surface area contributed by atoms with Crippen LogP contribution < -0.4 is 14.8 Å². The first-order chi connectivity index (χ1) is 14.5. The first kappa shape index (κ1) is 20.4. The number of anilines is 1. The average molecular weight is 446 g/mol. The van der Waals surface area contributed by atoms with E-state index in [2.05, 4.69) is 15.3 Å². The Morgan fingerprint density at radius 3 is 2.83 bits per heavy atom. The smallest absolute Gasteiger partial charge is 0.311 e. The summed E-state index contributed by atoms with van der Waals surface area (Å²) in [6, 6.07) is 5.78. The summed E-state index contributed by atoms with van der Waals surface area (Å²) >= 11 is 2.63. The lowest BCUT2D eigenvalue weighted by Crippen LogP contribution is -2.14. The number of pyridine rings is 1. The third kappa shape index (κ3) is 4.65. The highest BCUT2D eigenvalue weighted by atomic mass is 32.2. The van der Waals surface area contributed by atoms with E-state index in [9.17, 15) is 9.59 Å². The van der Waals surface area contributed by atoms with E-state index in [0.717, 1.165) is 21.5 Å². The van der Waals surface area contributed by atoms with Gasteiger partial charge in [-0.3, -0.25) is 9.59 Å². The minimum Gasteiger partial charge on any atom is -0.466 e. The first-order valence-corrected chi connectivity index (χ1v) is 11.1. The van der Waals surface area contributed by atoms with Crippen LogP contribution in [0.2, 0.25) is 0 Å². The normalized spacial score (nSPS) is 12.2. The lowest BCUT2D eigenvalue weighted by atomic mass is 10.1. The third-order valence-electron chi connectivity index (χ3n) is 4.22. The molecular formula is C20H19N3O5S2. The standard InChI is InChI=1S/C20H19N3O5S2/c1-3-26-18(25)6-13-8-30-20(21-13)23-17(24)9-29-19-11(2)4-12-5-15-16(28-10-27-15)7-14(12)22-19/h4-5,7-8H,3,6,9-10H2,1-2H3,(H,21,23,24). The SMILES string of the molecule is CCOC(=O)Cc1csc(NC(=O)CSc2nc3cc4c(cc3cc2C)OCO4)n1. The summed E-state index contributed by atoms with van der Waals surface area (Å²) in [4.78, 5) is 32.8. The third-order valence-corrected chi connectivity index (χ3v) is 6.12. The molecule has 0 spiro atoms. The number of hydrogen-bond donors (Lipinski definition) is 1. The molecule has 0 unspecified atom stereocenters. The highest BCUT2D eigenvalue weighted by Gasteiger charge is 2.16. The Kier molecular flexibility index (Phi) is 6.05. The average Bonchev–Trinajstić information content (AvgIpc) is 3.33. The van der Waals surface area contributed by atoms with Crippen molar-refractivity contribution in [3.05, 3.63) is 34.8 Å². The van der Waals surface area contributed by atoms with E-state index >= 15 is 0 Å². The van der Waals surface area contributed by atoms with Gasteiger partial charge in [0.1, 0.15) is 5.03 Å². The van der Waals surface area contributed by atoms with Crippen LogP contribution in [0.5, 0.6) is 11.5 Å². The number of ether oxygens (including phenoxy) is 3. The second-order valence-electron chi connectivity index (χ2n) is 6.47. The Labute approximate surface area is 181 Å². The maximum atomic E-state index is 12.3. The Bertz CT molecular complexity index is 1120. The summed E-state index contributed by atoms with van der Waals surface area (Å²) in [5.74, 6) is 1.06. The fourth-order valence-corrected chi connectivity index (χ4v) is 4.41. The molecule has 0 saturated heterocycles. The molecule has 0 fully saturated rings. The number of thiazole rings is 1. The molecule has 0 atom stereocenters. The van der Waals surface area contributed by atoms with Crippen molar-refractivity contribution in [1.82, 2.24) is 9.97 Å². The molecule has 0 aliphatic carbocycles. The molecule has 3 aromatic rings. The van der Waals surface area contributed by atoms with E-state index in [4.69, 9.17) is 14.2 Å². The van der Waals surface area contributed by atoms with E-state index in [1.165, 1.54) is 23.1 Å². The molecule has 3 heterocycles. The Balaban J connectivity index is 1.37. The number of carbonyl (C=O) groups excluding carboxylic acids is 2. The molecule has 0 saturated carbocycles. The highest BCUT2D eigenvalue weighted by molar-refractivity contribution is 8.00. The maximum Gasteiger partial charge on any atom is 0.311 e. The second-order valence-corrected chi connectivity index (χ2v) is 8.29. The zero-order valence-electron chi connectivity index (χ0n) is 16.4. The zero-order valence-corrected chi connectivity index (χ0v) is 18.0. The minimum atomic E-state index is -0.336. The number of aryl methyl sites for hydroxylation is 1. The number of rotatable bonds is 7. The maximum absolute atomic E-state index is 12.3. The molecule has 4 rings (SSSR count). The molecule has 30 heavy (non-hydrogen) atoms. The van der Waals surface area contributed by atoms with Gasteiger partial charge in [0.2, 0.25) is 12.7 Å². The summed E-state index contributed by atoms with van der Waals surface area (Å²) in [6.07, 6.45) is 0.0909. The van der Waals surface area contributed by atoms with Gasteiger partial charge in [0.25, 0.3) is 0 Å². The molecule has 1 amide bonds. The molecular weight excluding hydrogens is 426 g/mol. The number of fused-ring (bicyclic) bond motifs is 2. The largest absolute Gasteiger partial charge is 0.466 e. The van der Waals surface area contributed by atoms with Gasteiger partial charge in [-0.1, -0.05) is 11.8 Å². The summed E-state index contributed by atoms with van der Waals surface area (Å²) in [6.45, 7) is 4.25. The van der Waals surface area contributed by atoms with E-state index < -0.39 is 0 Å². The van der Waals surface area contributed by atoms with Gasteiger partial charge in [-0.05, 0) is 31.5 Å². The van der Waals surface area contributed by atoms with E-state index in [-0.39, 0.29) is 30.8 Å². The number of nitrogens with one attached hydrogen (secondary N) is 1. The predicted octanol–water partition coefficient (Wildman–Crippen LogP) is 3.56. The highest BCUT2D eigenvalue weighted by Crippen LogP contribution is 2.36. The molecule has 156 valence electrons. The van der Waals surface area contributed by atoms with Crippen LogP contribution in [0.25, 0.3) is 10.9 Å². The minimum absolute atomic E-state index is 0.0909. The topological polar surface area (TPSA) is 99.6 Å². The van der Waals surface area contributed by atoms with Gasteiger partial charge in [-0.25, -0.2) is 9.97 Å². The van der Waals surface area contributed by atoms with Gasteiger partial charge < -0.3 is 19.5 Å². The number of carbonyl (C=O) groups is 2. The number of benzene rings is 1. The van der Waals surface area contributed by atoms with Crippen LogP contribution in [-0.2, 0) is 20.7 Å². The van der Waals surface area contributed by atoms with Crippen molar-refractivity contribution in [2.24, 2.45) is 0 Å². The quantitative estimate of drug-likeness (QED) is 0.435. The number of hydrogen-bond acceptors (Lipinski definition) is 9. The van der Waals surface area contributed by atoms with Crippen LogP contribution in [0.1, 0.15) is 18.2 Å². The van der Waals surface area contributed by atoms with Gasteiger partial charge in [-0.2, -0.15) is 0 Å². The molecule has 10 heteroatoms. The fourth-order valence-electron chi connectivity index (χ4n) is 2.89. The Morgan fingerprint density at radius 2 is 2.03 bits per heavy atom. The van der Waals surface area contributed by atoms with Crippen molar-refractivity contribution in [2.75, 3.05) is 24.5 Å². The van der Waals surface area contributed by atoms with E-state index in [0.29, 0.717) is 28.9 Å². The van der Waals surface area contributed by atoms with Crippen molar-refractivity contribution in [3.8, 4) is 11.5 Å². The van der Waals surface area contributed by atoms with E-state index in [1.54, 1.807) is 12.3 Å². The van der Waals surface area contributed by atoms with Gasteiger partial charge in [0, 0.05) is 16.8 Å². The Morgan fingerprint density at radius 1 is 1.23 bits per heavy atom. The van der Waals surface area contributed by atoms with Gasteiger partial charge in [-0.15, -0.1) is 11.3 Å². The van der Waals surface area contributed by atoms with E-state index in [1.807, 2.05) is 25.1 Å². The molecule has 1 aliphatic rings. The van der Waals surface area contributed by atoms with Gasteiger partial charge in [0.15, 0.2) is 16.6 Å². The molecule has 2 aromatic heterocycles. The fraction of sp³-hybridized carbons (Fsp3) is 0.300. The monoisotopic (exact) mass is 445 g/mol. The van der Waals surface area contributed by atoms with Crippen molar-refractivity contribution in [2.45, 2.75) is 25.3 Å². The molecule has 8 nitrogen and oxygen atoms in total.